The van der Waals surface area contributed by atoms with Crippen molar-refractivity contribution in [3.8, 4) is 0 Å². The second-order valence-corrected chi connectivity index (χ2v) is 9.00. The largest absolute Gasteiger partial charge is 0.358 e. The van der Waals surface area contributed by atoms with E-state index < -0.39 is 23.7 Å². The molecule has 0 aliphatic carbocycles. The van der Waals surface area contributed by atoms with Crippen LogP contribution >= 0.6 is 0 Å². The highest BCUT2D eigenvalue weighted by molar-refractivity contribution is 6.42. The fraction of sp³-hybridized carbons (Fsp3) is 0.407. The quantitative estimate of drug-likeness (QED) is 0.314. The zero-order valence-electron chi connectivity index (χ0n) is 21.7. The number of aryl methyl sites for hydroxylation is 1. The number of fused-ring (bicyclic) bond motifs is 1. The van der Waals surface area contributed by atoms with Crippen molar-refractivity contribution in [1.82, 2.24) is 15.2 Å². The van der Waals surface area contributed by atoms with Crippen molar-refractivity contribution in [3.63, 3.8) is 0 Å². The van der Waals surface area contributed by atoms with E-state index in [0.717, 1.165) is 30.6 Å². The first-order chi connectivity index (χ1) is 17.6. The fourth-order valence-corrected chi connectivity index (χ4v) is 4.52. The second kappa shape index (κ2) is 12.1. The van der Waals surface area contributed by atoms with Gasteiger partial charge in [-0.3, -0.25) is 14.4 Å². The van der Waals surface area contributed by atoms with E-state index in [1.165, 1.54) is 18.2 Å². The molecule has 2 heterocycles. The maximum Gasteiger partial charge on any atom is 0.265 e. The van der Waals surface area contributed by atoms with Crippen molar-refractivity contribution < 1.29 is 23.6 Å². The number of aromatic nitrogens is 1. The van der Waals surface area contributed by atoms with Crippen LogP contribution in [-0.2, 0) is 14.4 Å². The second-order valence-electron chi connectivity index (χ2n) is 9.00. The minimum Gasteiger partial charge on any atom is -0.358 e. The number of amides is 3. The van der Waals surface area contributed by atoms with Gasteiger partial charge in [0.2, 0.25) is 0 Å². The molecule has 0 saturated carbocycles. The zero-order chi connectivity index (χ0) is 27.3. The van der Waals surface area contributed by atoms with Gasteiger partial charge in [0.25, 0.3) is 17.7 Å². The van der Waals surface area contributed by atoms with Crippen molar-refractivity contribution in [3.05, 3.63) is 52.1 Å². The number of carbonyl (C=O) groups is 4. The third-order valence-electron chi connectivity index (χ3n) is 6.66. The van der Waals surface area contributed by atoms with E-state index in [1.807, 2.05) is 0 Å². The lowest BCUT2D eigenvalue weighted by atomic mass is 10.0. The maximum absolute atomic E-state index is 14.2. The van der Waals surface area contributed by atoms with Gasteiger partial charge >= 0.3 is 0 Å². The van der Waals surface area contributed by atoms with Crippen LogP contribution in [0.1, 0.15) is 59.6 Å². The van der Waals surface area contributed by atoms with Gasteiger partial charge in [0, 0.05) is 36.5 Å². The molecule has 1 atom stereocenters. The van der Waals surface area contributed by atoms with Crippen molar-refractivity contribution in [2.24, 2.45) is 5.73 Å². The topological polar surface area (TPSA) is 129 Å². The molecule has 0 spiro atoms. The summed E-state index contributed by atoms with van der Waals surface area (Å²) in [5, 5.41) is 2.94. The normalized spacial score (nSPS) is 14.8. The first-order valence-electron chi connectivity index (χ1n) is 12.4. The van der Waals surface area contributed by atoms with Crippen LogP contribution in [0.25, 0.3) is 11.6 Å². The number of anilines is 1. The summed E-state index contributed by atoms with van der Waals surface area (Å²) in [5.41, 5.74) is 8.74. The number of aromatic amines is 1. The summed E-state index contributed by atoms with van der Waals surface area (Å²) < 4.78 is 14.2. The molecule has 0 bridgehead atoms. The Kier molecular flexibility index (Phi) is 9.12. The van der Waals surface area contributed by atoms with E-state index in [1.54, 1.807) is 13.8 Å². The molecule has 198 valence electrons. The van der Waals surface area contributed by atoms with Crippen LogP contribution in [0, 0.1) is 19.7 Å². The van der Waals surface area contributed by atoms with Gasteiger partial charge < -0.3 is 25.7 Å². The lowest BCUT2D eigenvalue weighted by molar-refractivity contribution is -0.124. The number of halogens is 1. The lowest BCUT2D eigenvalue weighted by Gasteiger charge is -2.19. The predicted molar refractivity (Wildman–Crippen MR) is 140 cm³/mol. The van der Waals surface area contributed by atoms with E-state index in [0.29, 0.717) is 35.3 Å². The molecule has 1 aliphatic rings. The molecule has 37 heavy (non-hydrogen) atoms. The van der Waals surface area contributed by atoms with Gasteiger partial charge in [-0.2, -0.15) is 0 Å². The molecular weight excluding hydrogens is 477 g/mol. The van der Waals surface area contributed by atoms with Crippen molar-refractivity contribution in [2.45, 2.75) is 46.6 Å². The van der Waals surface area contributed by atoms with E-state index in [9.17, 15) is 23.6 Å². The van der Waals surface area contributed by atoms with Gasteiger partial charge in [-0.1, -0.05) is 13.8 Å². The highest BCUT2D eigenvalue weighted by Gasteiger charge is 2.39. The molecule has 0 unspecified atom stereocenters. The summed E-state index contributed by atoms with van der Waals surface area (Å²) in [6, 6.07) is 2.65. The van der Waals surface area contributed by atoms with Crippen LogP contribution < -0.4 is 16.0 Å². The minimum atomic E-state index is -1.06. The van der Waals surface area contributed by atoms with Crippen LogP contribution in [0.5, 0.6) is 0 Å². The molecule has 1 aromatic heterocycles. The van der Waals surface area contributed by atoms with Crippen molar-refractivity contribution >= 4 is 41.3 Å². The molecule has 0 saturated heterocycles. The van der Waals surface area contributed by atoms with E-state index in [-0.39, 0.29) is 35.6 Å². The predicted octanol–water partition coefficient (Wildman–Crippen LogP) is 2.56. The number of nitrogens with one attached hydrogen (secondary N) is 2. The van der Waals surface area contributed by atoms with Crippen LogP contribution in [0.15, 0.2) is 18.2 Å². The number of imide groups is 1. The van der Waals surface area contributed by atoms with Gasteiger partial charge in [0.1, 0.15) is 12.1 Å². The number of likely N-dealkylation sites (N-methyl/N-ethyl adjacent to an activating group) is 1. The standard InChI is InChI=1S/C27H34FN5O4/c1-5-32(6-2)12-11-30-25(35)24-16(3)22(31-17(24)4)15-20-19-14-18(28)9-10-23(19)33(26(20)36)27(37)21(29)8-7-13-34/h9-10,13-15,21,31H,5-8,11-12,29H2,1-4H3,(H,30,35)/b20-15-/t21-/m0/s1. The van der Waals surface area contributed by atoms with Crippen LogP contribution in [0.2, 0.25) is 0 Å². The molecule has 3 rings (SSSR count). The number of benzene rings is 1. The van der Waals surface area contributed by atoms with Gasteiger partial charge in [0.15, 0.2) is 0 Å². The minimum absolute atomic E-state index is 0.0780. The average molecular weight is 512 g/mol. The molecule has 3 amide bonds. The first kappa shape index (κ1) is 27.9. The molecule has 4 N–H and O–H groups in total. The van der Waals surface area contributed by atoms with Crippen molar-refractivity contribution in [2.75, 3.05) is 31.1 Å². The summed E-state index contributed by atoms with van der Waals surface area (Å²) in [4.78, 5) is 56.3. The summed E-state index contributed by atoms with van der Waals surface area (Å²) in [6.45, 7) is 10.7. The summed E-state index contributed by atoms with van der Waals surface area (Å²) in [6.07, 6.45) is 2.35. The van der Waals surface area contributed by atoms with Gasteiger partial charge in [-0.05, 0) is 63.2 Å². The van der Waals surface area contributed by atoms with Crippen LogP contribution in [0.3, 0.4) is 0 Å². The number of hydrogen-bond donors (Lipinski definition) is 3. The van der Waals surface area contributed by atoms with Crippen molar-refractivity contribution in [1.29, 1.82) is 0 Å². The number of rotatable bonds is 11. The SMILES string of the molecule is CCN(CC)CCNC(=O)c1c(C)[nH]c(/C=C2\C(=O)N(C(=O)[C@@H](N)CCC=O)c3ccc(F)cc32)c1C. The Hall–Kier alpha value is -3.63. The van der Waals surface area contributed by atoms with E-state index >= 15 is 0 Å². The Labute approximate surface area is 215 Å². The maximum atomic E-state index is 14.2. The Morgan fingerprint density at radius 3 is 2.59 bits per heavy atom. The molecule has 0 radical (unpaired) electrons. The van der Waals surface area contributed by atoms with Gasteiger partial charge in [-0.15, -0.1) is 0 Å². The first-order valence-corrected chi connectivity index (χ1v) is 12.4. The molecule has 0 fully saturated rings. The Balaban J connectivity index is 1.93. The number of carbonyl (C=O) groups excluding carboxylic acids is 4. The van der Waals surface area contributed by atoms with E-state index in [4.69, 9.17) is 5.73 Å². The summed E-state index contributed by atoms with van der Waals surface area (Å²) >= 11 is 0. The number of H-pyrrole nitrogens is 1. The van der Waals surface area contributed by atoms with E-state index in [2.05, 4.69) is 29.0 Å². The van der Waals surface area contributed by atoms with Gasteiger partial charge in [0.05, 0.1) is 22.9 Å². The monoisotopic (exact) mass is 511 g/mol. The molecule has 1 aromatic carbocycles. The highest BCUT2D eigenvalue weighted by atomic mass is 19.1. The van der Waals surface area contributed by atoms with Crippen LogP contribution in [-0.4, -0.2) is 66.1 Å². The highest BCUT2D eigenvalue weighted by Crippen LogP contribution is 2.39. The van der Waals surface area contributed by atoms with Crippen LogP contribution in [0.4, 0.5) is 10.1 Å². The third-order valence-corrected chi connectivity index (χ3v) is 6.66. The number of nitrogens with two attached hydrogens (primary N) is 1. The lowest BCUT2D eigenvalue weighted by Crippen LogP contribution is -2.45. The molecule has 1 aliphatic heterocycles. The zero-order valence-corrected chi connectivity index (χ0v) is 21.7. The fourth-order valence-electron chi connectivity index (χ4n) is 4.52. The smallest absolute Gasteiger partial charge is 0.265 e. The number of nitrogens with zero attached hydrogens (tertiary/aromatic N) is 2. The number of hydrogen-bond acceptors (Lipinski definition) is 6. The Morgan fingerprint density at radius 1 is 1.24 bits per heavy atom. The average Bonchev–Trinajstić information content (AvgIpc) is 3.31. The summed E-state index contributed by atoms with van der Waals surface area (Å²) in [5.74, 6) is -2.12. The molecule has 9 nitrogen and oxygen atoms in total. The Morgan fingerprint density at radius 2 is 1.95 bits per heavy atom. The summed E-state index contributed by atoms with van der Waals surface area (Å²) in [7, 11) is 0. The molecule has 2 aromatic rings. The molecule has 10 heteroatoms. The number of aldehydes is 1. The molecular formula is C27H34FN5O4. The third kappa shape index (κ3) is 5.86. The van der Waals surface area contributed by atoms with Gasteiger partial charge in [-0.25, -0.2) is 9.29 Å². The Bertz CT molecular complexity index is 1230.